The van der Waals surface area contributed by atoms with Gasteiger partial charge in [0, 0.05) is 6.04 Å². The third-order valence-corrected chi connectivity index (χ3v) is 3.19. The summed E-state index contributed by atoms with van der Waals surface area (Å²) in [5.41, 5.74) is -0.301. The summed E-state index contributed by atoms with van der Waals surface area (Å²) in [6, 6.07) is 5.59. The lowest BCUT2D eigenvalue weighted by atomic mass is 10.1. The first-order chi connectivity index (χ1) is 11.6. The van der Waals surface area contributed by atoms with Crippen molar-refractivity contribution in [1.82, 2.24) is 10.4 Å². The minimum atomic E-state index is -0.821. The Kier molecular flexibility index (Phi) is 5.10. The topological polar surface area (TPSA) is 102 Å². The lowest BCUT2D eigenvalue weighted by Crippen LogP contribution is -2.40. The van der Waals surface area contributed by atoms with Gasteiger partial charge in [-0.25, -0.2) is 9.59 Å². The summed E-state index contributed by atoms with van der Waals surface area (Å²) in [5, 5.41) is 2.92. The molecule has 1 heterocycles. The maximum Gasteiger partial charge on any atom is 0.407 e. The summed E-state index contributed by atoms with van der Waals surface area (Å²) in [4.78, 5) is 52.7. The molecule has 8 heteroatoms. The molecule has 0 bridgehead atoms. The van der Waals surface area contributed by atoms with Gasteiger partial charge in [-0.3, -0.25) is 9.59 Å². The first kappa shape index (κ1) is 18.4. The van der Waals surface area contributed by atoms with Gasteiger partial charge >= 0.3 is 12.1 Å². The molecule has 3 amide bonds. The molecule has 1 aliphatic heterocycles. The predicted octanol–water partition coefficient (Wildman–Crippen LogP) is 2.04. The number of hydroxylamine groups is 2. The van der Waals surface area contributed by atoms with E-state index in [-0.39, 0.29) is 17.5 Å². The fourth-order valence-corrected chi connectivity index (χ4v) is 2.20. The number of imide groups is 1. The van der Waals surface area contributed by atoms with Gasteiger partial charge in [0.1, 0.15) is 5.60 Å². The van der Waals surface area contributed by atoms with Gasteiger partial charge in [0.25, 0.3) is 11.8 Å². The van der Waals surface area contributed by atoms with Crippen LogP contribution in [0.4, 0.5) is 4.79 Å². The van der Waals surface area contributed by atoms with Crippen molar-refractivity contribution in [3.63, 3.8) is 0 Å². The molecule has 0 spiro atoms. The number of ether oxygens (including phenoxy) is 1. The van der Waals surface area contributed by atoms with Crippen molar-refractivity contribution in [2.75, 3.05) is 0 Å². The Bertz CT molecular complexity index is 687. The zero-order chi connectivity index (χ0) is 18.8. The second-order valence-corrected chi connectivity index (χ2v) is 6.66. The molecule has 1 aromatic rings. The maximum absolute atomic E-state index is 12.1. The number of carbonyl (C=O) groups is 4. The Labute approximate surface area is 145 Å². The molecule has 0 radical (unpaired) electrons. The SMILES string of the molecule is C[C@H](CC(=O)ON1C(=O)c2ccccc2C1=O)NC(=O)OC(C)(C)C. The summed E-state index contributed by atoms with van der Waals surface area (Å²) < 4.78 is 5.08. The first-order valence-corrected chi connectivity index (χ1v) is 7.76. The number of hydrogen-bond acceptors (Lipinski definition) is 6. The van der Waals surface area contributed by atoms with Crippen LogP contribution < -0.4 is 5.32 Å². The fourth-order valence-electron chi connectivity index (χ4n) is 2.20. The predicted molar refractivity (Wildman–Crippen MR) is 86.5 cm³/mol. The maximum atomic E-state index is 12.1. The Morgan fingerprint density at radius 2 is 1.64 bits per heavy atom. The Morgan fingerprint density at radius 1 is 1.12 bits per heavy atom. The van der Waals surface area contributed by atoms with E-state index in [4.69, 9.17) is 9.57 Å². The monoisotopic (exact) mass is 348 g/mol. The molecular formula is C17H20N2O6. The van der Waals surface area contributed by atoms with Gasteiger partial charge in [0.05, 0.1) is 17.5 Å². The second kappa shape index (κ2) is 6.92. The number of hydrogen-bond donors (Lipinski definition) is 1. The molecule has 134 valence electrons. The van der Waals surface area contributed by atoms with E-state index in [1.54, 1.807) is 39.8 Å². The standard InChI is InChI=1S/C17H20N2O6/c1-10(18-16(23)24-17(2,3)4)9-13(20)25-19-14(21)11-7-5-6-8-12(11)15(19)22/h5-8,10H,9H2,1-4H3,(H,18,23)/t10-/m1/s1. The average molecular weight is 348 g/mol. The molecule has 0 saturated carbocycles. The van der Waals surface area contributed by atoms with Crippen molar-refractivity contribution < 1.29 is 28.8 Å². The average Bonchev–Trinajstić information content (AvgIpc) is 2.70. The summed E-state index contributed by atoms with van der Waals surface area (Å²) >= 11 is 0. The number of nitrogens with zero attached hydrogens (tertiary/aromatic N) is 1. The van der Waals surface area contributed by atoms with Crippen LogP contribution in [0.5, 0.6) is 0 Å². The third kappa shape index (κ3) is 4.56. The number of benzene rings is 1. The quantitative estimate of drug-likeness (QED) is 0.836. The normalized spacial score (nSPS) is 14.8. The van der Waals surface area contributed by atoms with Crippen LogP contribution in [0.3, 0.4) is 0 Å². The van der Waals surface area contributed by atoms with Crippen LogP contribution in [0.25, 0.3) is 0 Å². The van der Waals surface area contributed by atoms with Crippen LogP contribution in [0, 0.1) is 0 Å². The van der Waals surface area contributed by atoms with E-state index in [2.05, 4.69) is 5.32 Å². The molecule has 0 saturated heterocycles. The first-order valence-electron chi connectivity index (χ1n) is 7.76. The molecule has 1 N–H and O–H groups in total. The van der Waals surface area contributed by atoms with Crippen LogP contribution in [0.2, 0.25) is 0 Å². The number of carbonyl (C=O) groups excluding carboxylic acids is 4. The van der Waals surface area contributed by atoms with Crippen LogP contribution >= 0.6 is 0 Å². The zero-order valence-corrected chi connectivity index (χ0v) is 14.5. The number of amides is 3. The van der Waals surface area contributed by atoms with Crippen molar-refractivity contribution >= 4 is 23.9 Å². The fraction of sp³-hybridized carbons (Fsp3) is 0.412. The summed E-state index contributed by atoms with van der Waals surface area (Å²) in [6.45, 7) is 6.73. The van der Waals surface area contributed by atoms with Crippen molar-refractivity contribution in [3.8, 4) is 0 Å². The smallest absolute Gasteiger partial charge is 0.407 e. The molecule has 1 aromatic carbocycles. The highest BCUT2D eigenvalue weighted by Crippen LogP contribution is 2.22. The second-order valence-electron chi connectivity index (χ2n) is 6.66. The Morgan fingerprint density at radius 3 is 2.12 bits per heavy atom. The van der Waals surface area contributed by atoms with E-state index in [0.29, 0.717) is 5.06 Å². The highest BCUT2D eigenvalue weighted by Gasteiger charge is 2.38. The van der Waals surface area contributed by atoms with Crippen molar-refractivity contribution in [1.29, 1.82) is 0 Å². The third-order valence-electron chi connectivity index (χ3n) is 3.19. The van der Waals surface area contributed by atoms with Crippen molar-refractivity contribution in [2.24, 2.45) is 0 Å². The van der Waals surface area contributed by atoms with E-state index >= 15 is 0 Å². The van der Waals surface area contributed by atoms with E-state index < -0.39 is 35.5 Å². The Hall–Kier alpha value is -2.90. The highest BCUT2D eigenvalue weighted by atomic mass is 16.7. The Balaban J connectivity index is 1.90. The van der Waals surface area contributed by atoms with Gasteiger partial charge in [-0.15, -0.1) is 0 Å². The summed E-state index contributed by atoms with van der Waals surface area (Å²) in [6.07, 6.45) is -0.902. The van der Waals surface area contributed by atoms with E-state index in [1.165, 1.54) is 12.1 Å². The molecule has 1 aliphatic rings. The van der Waals surface area contributed by atoms with Gasteiger partial charge in [0.2, 0.25) is 0 Å². The van der Waals surface area contributed by atoms with E-state index in [9.17, 15) is 19.2 Å². The lowest BCUT2D eigenvalue weighted by Gasteiger charge is -2.22. The van der Waals surface area contributed by atoms with Crippen molar-refractivity contribution in [3.05, 3.63) is 35.4 Å². The van der Waals surface area contributed by atoms with Crippen LogP contribution in [-0.4, -0.2) is 40.6 Å². The van der Waals surface area contributed by atoms with Crippen LogP contribution in [-0.2, 0) is 14.4 Å². The molecule has 25 heavy (non-hydrogen) atoms. The van der Waals surface area contributed by atoms with Gasteiger partial charge in [-0.05, 0) is 39.8 Å². The van der Waals surface area contributed by atoms with Crippen molar-refractivity contribution in [2.45, 2.75) is 45.8 Å². The molecule has 0 fully saturated rings. The molecule has 1 atom stereocenters. The molecule has 8 nitrogen and oxygen atoms in total. The number of rotatable bonds is 4. The molecule has 2 rings (SSSR count). The number of nitrogens with one attached hydrogen (secondary N) is 1. The van der Waals surface area contributed by atoms with Gasteiger partial charge in [0.15, 0.2) is 0 Å². The molecule has 0 aromatic heterocycles. The minimum absolute atomic E-state index is 0.181. The molecule has 0 unspecified atom stereocenters. The van der Waals surface area contributed by atoms with Gasteiger partial charge < -0.3 is 14.9 Å². The highest BCUT2D eigenvalue weighted by molar-refractivity contribution is 6.20. The molecule has 0 aliphatic carbocycles. The summed E-state index contributed by atoms with van der Waals surface area (Å²) in [7, 11) is 0. The van der Waals surface area contributed by atoms with Gasteiger partial charge in [-0.2, -0.15) is 0 Å². The van der Waals surface area contributed by atoms with E-state index in [0.717, 1.165) is 0 Å². The zero-order valence-electron chi connectivity index (χ0n) is 14.5. The van der Waals surface area contributed by atoms with Gasteiger partial charge in [-0.1, -0.05) is 17.2 Å². The minimum Gasteiger partial charge on any atom is -0.444 e. The van der Waals surface area contributed by atoms with Crippen LogP contribution in [0.1, 0.15) is 54.8 Å². The lowest BCUT2D eigenvalue weighted by molar-refractivity contribution is -0.169. The largest absolute Gasteiger partial charge is 0.444 e. The van der Waals surface area contributed by atoms with Crippen LogP contribution in [0.15, 0.2) is 24.3 Å². The number of alkyl carbamates (subject to hydrolysis) is 1. The number of fused-ring (bicyclic) bond motifs is 1. The molecular weight excluding hydrogens is 328 g/mol. The van der Waals surface area contributed by atoms with E-state index in [1.807, 2.05) is 0 Å². The summed E-state index contributed by atoms with van der Waals surface area (Å²) in [5.74, 6) is -2.21.